The second-order valence-corrected chi connectivity index (χ2v) is 6.27. The van der Waals surface area contributed by atoms with Gasteiger partial charge < -0.3 is 9.84 Å². The molecule has 5 nitrogen and oxygen atoms in total. The second kappa shape index (κ2) is 8.41. The van der Waals surface area contributed by atoms with Crippen LogP contribution < -0.4 is 0 Å². The van der Waals surface area contributed by atoms with E-state index in [1.54, 1.807) is 17.4 Å². The van der Waals surface area contributed by atoms with Crippen molar-refractivity contribution in [3.63, 3.8) is 0 Å². The Balaban J connectivity index is 1.85. The number of thiophene rings is 1. The van der Waals surface area contributed by atoms with Gasteiger partial charge >= 0.3 is 5.97 Å². The number of aliphatic hydroxyl groups is 1. The van der Waals surface area contributed by atoms with Gasteiger partial charge in [0.2, 0.25) is 0 Å². The first-order valence-electron chi connectivity index (χ1n) is 7.87. The van der Waals surface area contributed by atoms with Crippen molar-refractivity contribution in [3.8, 4) is 10.6 Å². The number of benzene rings is 1. The minimum atomic E-state index is -0.484. The average molecular weight is 354 g/mol. The fraction of sp³-hybridized carbons (Fsp3) is 0.158. The van der Waals surface area contributed by atoms with Gasteiger partial charge in [-0.2, -0.15) is 5.10 Å². The van der Waals surface area contributed by atoms with Crippen LogP contribution in [0.1, 0.15) is 11.1 Å². The summed E-state index contributed by atoms with van der Waals surface area (Å²) < 4.78 is 6.71. The standard InChI is InChI=1S/C19H18N2O3S/c22-10-11-24-18(23)9-8-16-14-21(13-15-5-2-1-3-6-15)20-19(16)17-7-4-12-25-17/h1-9,12,14,22H,10-11,13H2/b9-8+. The number of carbonyl (C=O) groups is 1. The van der Waals surface area contributed by atoms with E-state index in [-0.39, 0.29) is 13.2 Å². The number of carbonyl (C=O) groups excluding carboxylic acids is 1. The van der Waals surface area contributed by atoms with Crippen LogP contribution in [0.25, 0.3) is 16.6 Å². The molecule has 0 aliphatic rings. The van der Waals surface area contributed by atoms with Crippen LogP contribution >= 0.6 is 11.3 Å². The van der Waals surface area contributed by atoms with Gasteiger partial charge in [0.25, 0.3) is 0 Å². The van der Waals surface area contributed by atoms with E-state index < -0.39 is 5.97 Å². The molecule has 0 unspecified atom stereocenters. The molecular weight excluding hydrogens is 336 g/mol. The van der Waals surface area contributed by atoms with Gasteiger partial charge in [0.1, 0.15) is 12.3 Å². The molecule has 0 bridgehead atoms. The lowest BCUT2D eigenvalue weighted by Gasteiger charge is -2.00. The fourth-order valence-electron chi connectivity index (χ4n) is 2.37. The lowest BCUT2D eigenvalue weighted by molar-refractivity contribution is -0.138. The Hall–Kier alpha value is -2.70. The number of hydrogen-bond acceptors (Lipinski definition) is 5. The van der Waals surface area contributed by atoms with Crippen molar-refractivity contribution >= 4 is 23.4 Å². The zero-order valence-corrected chi connectivity index (χ0v) is 14.4. The molecule has 0 saturated carbocycles. The molecule has 3 aromatic rings. The van der Waals surface area contributed by atoms with Gasteiger partial charge in [-0.3, -0.25) is 4.68 Å². The average Bonchev–Trinajstić information content (AvgIpc) is 3.28. The normalized spacial score (nSPS) is 11.1. The molecule has 1 aromatic carbocycles. The number of hydrogen-bond donors (Lipinski definition) is 1. The van der Waals surface area contributed by atoms with Gasteiger partial charge in [-0.1, -0.05) is 36.4 Å². The summed E-state index contributed by atoms with van der Waals surface area (Å²) in [7, 11) is 0. The molecule has 0 atom stereocenters. The summed E-state index contributed by atoms with van der Waals surface area (Å²) >= 11 is 1.60. The van der Waals surface area contributed by atoms with E-state index in [9.17, 15) is 4.79 Å². The van der Waals surface area contributed by atoms with Crippen LogP contribution in [-0.4, -0.2) is 34.1 Å². The van der Waals surface area contributed by atoms with Crippen LogP contribution in [0.2, 0.25) is 0 Å². The van der Waals surface area contributed by atoms with E-state index in [1.807, 2.05) is 58.7 Å². The third-order valence-electron chi connectivity index (χ3n) is 3.47. The SMILES string of the molecule is O=C(/C=C/c1cn(Cc2ccccc2)nc1-c1cccs1)OCCO. The van der Waals surface area contributed by atoms with Crippen molar-refractivity contribution in [2.75, 3.05) is 13.2 Å². The van der Waals surface area contributed by atoms with Crippen LogP contribution in [0.5, 0.6) is 0 Å². The quantitative estimate of drug-likeness (QED) is 0.523. The number of aromatic nitrogens is 2. The lowest BCUT2D eigenvalue weighted by Crippen LogP contribution is -2.04. The summed E-state index contributed by atoms with van der Waals surface area (Å²) in [6, 6.07) is 14.0. The first-order valence-corrected chi connectivity index (χ1v) is 8.75. The largest absolute Gasteiger partial charge is 0.460 e. The monoisotopic (exact) mass is 354 g/mol. The Morgan fingerprint density at radius 1 is 1.24 bits per heavy atom. The van der Waals surface area contributed by atoms with E-state index >= 15 is 0 Å². The van der Waals surface area contributed by atoms with Crippen LogP contribution in [0.3, 0.4) is 0 Å². The van der Waals surface area contributed by atoms with E-state index in [2.05, 4.69) is 5.10 Å². The van der Waals surface area contributed by atoms with Crippen molar-refractivity contribution in [2.24, 2.45) is 0 Å². The molecule has 2 aromatic heterocycles. The molecule has 2 heterocycles. The topological polar surface area (TPSA) is 64.4 Å². The minimum Gasteiger partial charge on any atom is -0.460 e. The third-order valence-corrected chi connectivity index (χ3v) is 4.34. The summed E-state index contributed by atoms with van der Waals surface area (Å²) in [6.45, 7) is 0.464. The highest BCUT2D eigenvalue weighted by atomic mass is 32.1. The summed E-state index contributed by atoms with van der Waals surface area (Å²) in [4.78, 5) is 12.7. The summed E-state index contributed by atoms with van der Waals surface area (Å²) in [6.07, 6.45) is 4.97. The maximum Gasteiger partial charge on any atom is 0.330 e. The van der Waals surface area contributed by atoms with Gasteiger partial charge in [0.15, 0.2) is 0 Å². The predicted octanol–water partition coefficient (Wildman–Crippen LogP) is 3.21. The minimum absolute atomic E-state index is 0.00573. The van der Waals surface area contributed by atoms with Gasteiger partial charge in [0.05, 0.1) is 18.0 Å². The van der Waals surface area contributed by atoms with Crippen LogP contribution in [-0.2, 0) is 16.1 Å². The van der Waals surface area contributed by atoms with E-state index in [0.717, 1.165) is 21.7 Å². The summed E-state index contributed by atoms with van der Waals surface area (Å²) in [5.74, 6) is -0.484. The molecule has 1 N–H and O–H groups in total. The van der Waals surface area contributed by atoms with Crippen molar-refractivity contribution < 1.29 is 14.6 Å². The molecule has 128 valence electrons. The highest BCUT2D eigenvalue weighted by molar-refractivity contribution is 7.13. The molecule has 25 heavy (non-hydrogen) atoms. The van der Waals surface area contributed by atoms with E-state index in [0.29, 0.717) is 6.54 Å². The molecule has 0 amide bonds. The zero-order valence-electron chi connectivity index (χ0n) is 13.5. The number of nitrogens with zero attached hydrogens (tertiary/aromatic N) is 2. The molecule has 0 aliphatic heterocycles. The lowest BCUT2D eigenvalue weighted by atomic mass is 10.2. The van der Waals surface area contributed by atoms with Crippen LogP contribution in [0.15, 0.2) is 60.1 Å². The first-order chi connectivity index (χ1) is 12.3. The zero-order chi connectivity index (χ0) is 17.5. The second-order valence-electron chi connectivity index (χ2n) is 5.32. The van der Waals surface area contributed by atoms with E-state index in [4.69, 9.17) is 9.84 Å². The van der Waals surface area contributed by atoms with Crippen LogP contribution in [0.4, 0.5) is 0 Å². The Morgan fingerprint density at radius 3 is 2.80 bits per heavy atom. The smallest absolute Gasteiger partial charge is 0.330 e. The van der Waals surface area contributed by atoms with Crippen molar-refractivity contribution in [1.82, 2.24) is 9.78 Å². The van der Waals surface area contributed by atoms with Gasteiger partial charge in [-0.05, 0) is 23.1 Å². The Kier molecular flexibility index (Phi) is 5.77. The number of esters is 1. The first kappa shape index (κ1) is 17.1. The maximum atomic E-state index is 11.6. The fourth-order valence-corrected chi connectivity index (χ4v) is 3.10. The highest BCUT2D eigenvalue weighted by Crippen LogP contribution is 2.27. The number of rotatable bonds is 7. The highest BCUT2D eigenvalue weighted by Gasteiger charge is 2.11. The predicted molar refractivity (Wildman–Crippen MR) is 98.2 cm³/mol. The van der Waals surface area contributed by atoms with E-state index in [1.165, 1.54) is 6.08 Å². The summed E-state index contributed by atoms with van der Waals surface area (Å²) in [5.41, 5.74) is 2.83. The molecule has 0 fully saturated rings. The maximum absolute atomic E-state index is 11.6. The Bertz CT molecular complexity index is 839. The molecule has 6 heteroatoms. The van der Waals surface area contributed by atoms with Crippen LogP contribution in [0, 0.1) is 0 Å². The number of aliphatic hydroxyl groups excluding tert-OH is 1. The summed E-state index contributed by atoms with van der Waals surface area (Å²) in [5, 5.41) is 15.4. The van der Waals surface area contributed by atoms with Crippen molar-refractivity contribution in [2.45, 2.75) is 6.54 Å². The van der Waals surface area contributed by atoms with Gasteiger partial charge in [0, 0.05) is 17.8 Å². The van der Waals surface area contributed by atoms with Gasteiger partial charge in [-0.25, -0.2) is 4.79 Å². The molecular formula is C19H18N2O3S. The molecule has 3 rings (SSSR count). The van der Waals surface area contributed by atoms with Crippen molar-refractivity contribution in [3.05, 3.63) is 71.2 Å². The number of ether oxygens (including phenoxy) is 1. The Labute approximate surface area is 149 Å². The Morgan fingerprint density at radius 2 is 2.08 bits per heavy atom. The molecule has 0 aliphatic carbocycles. The molecule has 0 saturated heterocycles. The molecule has 0 radical (unpaired) electrons. The third kappa shape index (κ3) is 4.65. The van der Waals surface area contributed by atoms with Gasteiger partial charge in [-0.15, -0.1) is 11.3 Å². The molecule has 0 spiro atoms. The van der Waals surface area contributed by atoms with Crippen molar-refractivity contribution in [1.29, 1.82) is 0 Å².